The molecule has 20 heavy (non-hydrogen) atoms. The lowest BCUT2D eigenvalue weighted by molar-refractivity contribution is 0.291. The number of halogens is 1. The van der Waals surface area contributed by atoms with E-state index in [0.29, 0.717) is 11.6 Å². The van der Waals surface area contributed by atoms with Crippen LogP contribution < -0.4 is 10.5 Å². The van der Waals surface area contributed by atoms with Crippen LogP contribution in [0.1, 0.15) is 11.6 Å². The maximum absolute atomic E-state index is 6.25. The van der Waals surface area contributed by atoms with Gasteiger partial charge in [-0.25, -0.2) is 0 Å². The van der Waals surface area contributed by atoms with E-state index in [4.69, 9.17) is 22.1 Å². The largest absolute Gasteiger partial charge is 0.492 e. The highest BCUT2D eigenvalue weighted by atomic mass is 35.5. The number of hydrogen-bond acceptors (Lipinski definition) is 3. The molecule has 2 N–H and O–H groups in total. The number of fused-ring (bicyclic) bond motifs is 1. The fourth-order valence-corrected chi connectivity index (χ4v) is 3.22. The van der Waals surface area contributed by atoms with Crippen LogP contribution in [0.15, 0.2) is 53.9 Å². The SMILES string of the molecule is NC(COc1ccc(Cl)cc1)c1cccc2ccsc12. The molecule has 0 aliphatic rings. The van der Waals surface area contributed by atoms with Crippen molar-refractivity contribution in [1.29, 1.82) is 0 Å². The van der Waals surface area contributed by atoms with Crippen LogP contribution in [0.25, 0.3) is 10.1 Å². The normalized spacial score (nSPS) is 12.5. The van der Waals surface area contributed by atoms with Gasteiger partial charge in [-0.2, -0.15) is 0 Å². The van der Waals surface area contributed by atoms with Gasteiger partial charge in [0.25, 0.3) is 0 Å². The molecule has 0 aliphatic carbocycles. The lowest BCUT2D eigenvalue weighted by atomic mass is 10.1. The average molecular weight is 304 g/mol. The Kier molecular flexibility index (Phi) is 3.92. The van der Waals surface area contributed by atoms with Crippen LogP contribution in [-0.4, -0.2) is 6.61 Å². The Balaban J connectivity index is 1.74. The number of hydrogen-bond donors (Lipinski definition) is 1. The quantitative estimate of drug-likeness (QED) is 0.762. The van der Waals surface area contributed by atoms with E-state index in [2.05, 4.69) is 23.6 Å². The van der Waals surface area contributed by atoms with Gasteiger partial charge in [0.1, 0.15) is 12.4 Å². The molecule has 1 unspecified atom stereocenters. The lowest BCUT2D eigenvalue weighted by Crippen LogP contribution is -2.19. The van der Waals surface area contributed by atoms with Gasteiger partial charge >= 0.3 is 0 Å². The number of benzene rings is 2. The van der Waals surface area contributed by atoms with Crippen molar-refractivity contribution in [3.8, 4) is 5.75 Å². The van der Waals surface area contributed by atoms with E-state index >= 15 is 0 Å². The first kappa shape index (κ1) is 13.4. The van der Waals surface area contributed by atoms with Crippen LogP contribution >= 0.6 is 22.9 Å². The molecule has 3 aromatic rings. The van der Waals surface area contributed by atoms with Gasteiger partial charge in [0.15, 0.2) is 0 Å². The van der Waals surface area contributed by atoms with Gasteiger partial charge < -0.3 is 10.5 Å². The molecular weight excluding hydrogens is 290 g/mol. The summed E-state index contributed by atoms with van der Waals surface area (Å²) >= 11 is 7.56. The summed E-state index contributed by atoms with van der Waals surface area (Å²) in [5.74, 6) is 0.781. The predicted octanol–water partition coefficient (Wildman–Crippen LogP) is 4.63. The average Bonchev–Trinajstić information content (AvgIpc) is 2.94. The smallest absolute Gasteiger partial charge is 0.119 e. The van der Waals surface area contributed by atoms with Gasteiger partial charge in [-0.1, -0.05) is 29.8 Å². The third kappa shape index (κ3) is 2.80. The summed E-state index contributed by atoms with van der Waals surface area (Å²) in [5, 5.41) is 4.01. The third-order valence-electron chi connectivity index (χ3n) is 3.15. The second kappa shape index (κ2) is 5.83. The summed E-state index contributed by atoms with van der Waals surface area (Å²) in [5.41, 5.74) is 7.38. The molecule has 4 heteroatoms. The summed E-state index contributed by atoms with van der Waals surface area (Å²) in [6.07, 6.45) is 0. The fourth-order valence-electron chi connectivity index (χ4n) is 2.11. The number of thiophene rings is 1. The second-order valence-corrected chi connectivity index (χ2v) is 5.91. The first-order valence-corrected chi connectivity index (χ1v) is 7.60. The van der Waals surface area contributed by atoms with Crippen LogP contribution in [0, 0.1) is 0 Å². The Morgan fingerprint density at radius 2 is 1.90 bits per heavy atom. The highest BCUT2D eigenvalue weighted by molar-refractivity contribution is 7.17. The number of nitrogens with two attached hydrogens (primary N) is 1. The highest BCUT2D eigenvalue weighted by Crippen LogP contribution is 2.28. The molecule has 0 fully saturated rings. The van der Waals surface area contributed by atoms with Crippen LogP contribution in [0.5, 0.6) is 5.75 Å². The predicted molar refractivity (Wildman–Crippen MR) is 85.7 cm³/mol. The summed E-state index contributed by atoms with van der Waals surface area (Å²) in [6, 6.07) is 15.5. The van der Waals surface area contributed by atoms with Gasteiger partial charge in [0, 0.05) is 9.72 Å². The van der Waals surface area contributed by atoms with E-state index in [1.54, 1.807) is 11.3 Å². The minimum Gasteiger partial charge on any atom is -0.492 e. The summed E-state index contributed by atoms with van der Waals surface area (Å²) in [4.78, 5) is 0. The molecule has 0 bridgehead atoms. The monoisotopic (exact) mass is 303 g/mol. The molecule has 2 aromatic carbocycles. The molecule has 0 spiro atoms. The van der Waals surface area contributed by atoms with E-state index in [1.165, 1.54) is 10.1 Å². The maximum atomic E-state index is 6.25. The molecule has 1 atom stereocenters. The Morgan fingerprint density at radius 1 is 1.10 bits per heavy atom. The minimum atomic E-state index is -0.145. The molecule has 0 saturated carbocycles. The van der Waals surface area contributed by atoms with Gasteiger partial charge in [-0.3, -0.25) is 0 Å². The Bertz CT molecular complexity index is 708. The van der Waals surface area contributed by atoms with Crippen molar-refractivity contribution in [3.63, 3.8) is 0 Å². The van der Waals surface area contributed by atoms with Crippen LogP contribution in [0.3, 0.4) is 0 Å². The van der Waals surface area contributed by atoms with Crippen LogP contribution in [-0.2, 0) is 0 Å². The molecule has 1 aromatic heterocycles. The van der Waals surface area contributed by atoms with E-state index in [-0.39, 0.29) is 6.04 Å². The zero-order valence-electron chi connectivity index (χ0n) is 10.8. The van der Waals surface area contributed by atoms with Crippen molar-refractivity contribution >= 4 is 33.0 Å². The Hall–Kier alpha value is -1.55. The first-order valence-electron chi connectivity index (χ1n) is 6.34. The van der Waals surface area contributed by atoms with E-state index in [9.17, 15) is 0 Å². The van der Waals surface area contributed by atoms with Crippen molar-refractivity contribution in [1.82, 2.24) is 0 Å². The molecule has 1 heterocycles. The standard InChI is InChI=1S/C16H14ClNOS/c17-12-4-6-13(7-5-12)19-10-15(18)14-3-1-2-11-8-9-20-16(11)14/h1-9,15H,10,18H2. The molecule has 2 nitrogen and oxygen atoms in total. The van der Waals surface area contributed by atoms with Gasteiger partial charge in [0.2, 0.25) is 0 Å². The van der Waals surface area contributed by atoms with Crippen molar-refractivity contribution in [2.75, 3.05) is 6.61 Å². The molecule has 0 radical (unpaired) electrons. The highest BCUT2D eigenvalue weighted by Gasteiger charge is 2.11. The van der Waals surface area contributed by atoms with E-state index in [1.807, 2.05) is 30.3 Å². The molecule has 3 rings (SSSR count). The molecule has 102 valence electrons. The third-order valence-corrected chi connectivity index (χ3v) is 4.38. The topological polar surface area (TPSA) is 35.2 Å². The second-order valence-electron chi connectivity index (χ2n) is 4.56. The van der Waals surface area contributed by atoms with Crippen molar-refractivity contribution in [2.24, 2.45) is 5.73 Å². The van der Waals surface area contributed by atoms with Gasteiger partial charge in [-0.15, -0.1) is 11.3 Å². The van der Waals surface area contributed by atoms with Crippen molar-refractivity contribution in [3.05, 3.63) is 64.5 Å². The van der Waals surface area contributed by atoms with Crippen molar-refractivity contribution in [2.45, 2.75) is 6.04 Å². The summed E-state index contributed by atoms with van der Waals surface area (Å²) < 4.78 is 6.96. The van der Waals surface area contributed by atoms with Gasteiger partial charge in [-0.05, 0) is 46.7 Å². The van der Waals surface area contributed by atoms with Crippen LogP contribution in [0.4, 0.5) is 0 Å². The Labute approximate surface area is 126 Å². The Morgan fingerprint density at radius 3 is 2.70 bits per heavy atom. The van der Waals surface area contributed by atoms with E-state index in [0.717, 1.165) is 11.3 Å². The first-order chi connectivity index (χ1) is 9.74. The number of ether oxygens (including phenoxy) is 1. The molecule has 0 amide bonds. The van der Waals surface area contributed by atoms with Crippen LogP contribution in [0.2, 0.25) is 5.02 Å². The zero-order chi connectivity index (χ0) is 13.9. The molecule has 0 aliphatic heterocycles. The zero-order valence-corrected chi connectivity index (χ0v) is 12.3. The van der Waals surface area contributed by atoms with E-state index < -0.39 is 0 Å². The minimum absolute atomic E-state index is 0.145. The maximum Gasteiger partial charge on any atom is 0.119 e. The number of rotatable bonds is 4. The summed E-state index contributed by atoms with van der Waals surface area (Å²) in [7, 11) is 0. The summed E-state index contributed by atoms with van der Waals surface area (Å²) in [6.45, 7) is 0.443. The molecular formula is C16H14ClNOS. The van der Waals surface area contributed by atoms with Crippen molar-refractivity contribution < 1.29 is 4.74 Å². The van der Waals surface area contributed by atoms with Gasteiger partial charge in [0.05, 0.1) is 6.04 Å². The molecule has 0 saturated heterocycles. The lowest BCUT2D eigenvalue weighted by Gasteiger charge is -2.14. The fraction of sp³-hybridized carbons (Fsp3) is 0.125.